The Morgan fingerprint density at radius 3 is 2.52 bits per heavy atom. The standard InChI is InChI=1S/C23H32N8O2/c1-16(32)30-10-12-31(13-11-30)18-7-5-17(6-8-18)27-23-26-15-20(21(24)33)22(28-23)29(2)19-4-3-9-25-14-19/h5-8,15,19,25H,3-4,9-14H2,1-2H3,(H2,24,33)(H,26,27,28). The molecule has 2 aliphatic rings. The van der Waals surface area contributed by atoms with Crippen LogP contribution in [0.4, 0.5) is 23.1 Å². The molecule has 0 saturated carbocycles. The fourth-order valence-corrected chi connectivity index (χ4v) is 4.38. The molecule has 2 amide bonds. The Balaban J connectivity index is 1.46. The topological polar surface area (TPSA) is 120 Å². The lowest BCUT2D eigenvalue weighted by Crippen LogP contribution is -2.48. The molecule has 0 spiro atoms. The summed E-state index contributed by atoms with van der Waals surface area (Å²) in [5.74, 6) is 0.532. The van der Waals surface area contributed by atoms with Crippen molar-refractivity contribution >= 4 is 35.0 Å². The van der Waals surface area contributed by atoms with Crippen molar-refractivity contribution in [1.82, 2.24) is 20.2 Å². The van der Waals surface area contributed by atoms with Gasteiger partial charge in [-0.1, -0.05) is 0 Å². The molecule has 4 rings (SSSR count). The maximum atomic E-state index is 12.0. The summed E-state index contributed by atoms with van der Waals surface area (Å²) >= 11 is 0. The van der Waals surface area contributed by atoms with Crippen LogP contribution in [0.25, 0.3) is 0 Å². The number of rotatable bonds is 6. The van der Waals surface area contributed by atoms with Gasteiger partial charge in [-0.25, -0.2) is 4.98 Å². The van der Waals surface area contributed by atoms with Crippen molar-refractivity contribution in [3.8, 4) is 0 Å². The summed E-state index contributed by atoms with van der Waals surface area (Å²) in [4.78, 5) is 38.6. The van der Waals surface area contributed by atoms with Gasteiger partial charge in [-0.2, -0.15) is 4.98 Å². The van der Waals surface area contributed by atoms with Crippen molar-refractivity contribution in [2.45, 2.75) is 25.8 Å². The lowest BCUT2D eigenvalue weighted by atomic mass is 10.1. The zero-order valence-electron chi connectivity index (χ0n) is 19.3. The van der Waals surface area contributed by atoms with E-state index in [1.807, 2.05) is 41.1 Å². The predicted molar refractivity (Wildman–Crippen MR) is 129 cm³/mol. The molecule has 2 saturated heterocycles. The Hall–Kier alpha value is -3.40. The molecule has 2 aliphatic heterocycles. The molecular formula is C23H32N8O2. The molecule has 0 aliphatic carbocycles. The van der Waals surface area contributed by atoms with Crippen LogP contribution in [0, 0.1) is 0 Å². The molecule has 1 unspecified atom stereocenters. The van der Waals surface area contributed by atoms with Crippen molar-refractivity contribution in [3.05, 3.63) is 36.0 Å². The third kappa shape index (κ3) is 5.33. The van der Waals surface area contributed by atoms with Crippen LogP contribution in [-0.4, -0.2) is 79.0 Å². The van der Waals surface area contributed by atoms with E-state index in [0.717, 1.165) is 63.5 Å². The van der Waals surface area contributed by atoms with Crippen molar-refractivity contribution in [1.29, 1.82) is 0 Å². The van der Waals surface area contributed by atoms with Gasteiger partial charge in [0.25, 0.3) is 5.91 Å². The average molecular weight is 453 g/mol. The fraction of sp³-hybridized carbons (Fsp3) is 0.478. The lowest BCUT2D eigenvalue weighted by Gasteiger charge is -2.35. The largest absolute Gasteiger partial charge is 0.368 e. The summed E-state index contributed by atoms with van der Waals surface area (Å²) in [6.07, 6.45) is 3.59. The Morgan fingerprint density at radius 1 is 1.18 bits per heavy atom. The van der Waals surface area contributed by atoms with Crippen molar-refractivity contribution in [2.75, 3.05) is 61.4 Å². The van der Waals surface area contributed by atoms with Gasteiger partial charge in [0.15, 0.2) is 0 Å². The highest BCUT2D eigenvalue weighted by molar-refractivity contribution is 5.97. The molecule has 1 aromatic carbocycles. The van der Waals surface area contributed by atoms with E-state index in [4.69, 9.17) is 5.73 Å². The normalized spacial score (nSPS) is 18.7. The number of hydrogen-bond acceptors (Lipinski definition) is 8. The highest BCUT2D eigenvalue weighted by Crippen LogP contribution is 2.25. The van der Waals surface area contributed by atoms with Crippen LogP contribution >= 0.6 is 0 Å². The summed E-state index contributed by atoms with van der Waals surface area (Å²) in [5, 5.41) is 6.62. The van der Waals surface area contributed by atoms with E-state index in [2.05, 4.69) is 25.5 Å². The summed E-state index contributed by atoms with van der Waals surface area (Å²) < 4.78 is 0. The molecule has 10 heteroatoms. The minimum absolute atomic E-state index is 0.126. The van der Waals surface area contributed by atoms with E-state index in [0.29, 0.717) is 17.3 Å². The number of nitrogens with zero attached hydrogens (tertiary/aromatic N) is 5. The van der Waals surface area contributed by atoms with Gasteiger partial charge in [-0.05, 0) is 43.7 Å². The molecule has 1 atom stereocenters. The van der Waals surface area contributed by atoms with Gasteiger partial charge >= 0.3 is 0 Å². The molecule has 3 heterocycles. The Bertz CT molecular complexity index is 982. The second kappa shape index (κ2) is 10.0. The first-order valence-electron chi connectivity index (χ1n) is 11.4. The lowest BCUT2D eigenvalue weighted by molar-refractivity contribution is -0.129. The Morgan fingerprint density at radius 2 is 1.91 bits per heavy atom. The summed E-state index contributed by atoms with van der Waals surface area (Å²) in [6, 6.07) is 8.29. The first-order chi connectivity index (χ1) is 15.9. The van der Waals surface area contributed by atoms with Crippen molar-refractivity contribution in [3.63, 3.8) is 0 Å². The van der Waals surface area contributed by atoms with Crippen LogP contribution in [0.1, 0.15) is 30.1 Å². The van der Waals surface area contributed by atoms with Gasteiger partial charge in [-0.3, -0.25) is 9.59 Å². The van der Waals surface area contributed by atoms with Gasteiger partial charge in [0.1, 0.15) is 11.4 Å². The van der Waals surface area contributed by atoms with Crippen LogP contribution < -0.4 is 26.2 Å². The maximum Gasteiger partial charge on any atom is 0.254 e. The highest BCUT2D eigenvalue weighted by atomic mass is 16.2. The summed E-state index contributed by atoms with van der Waals surface area (Å²) in [6.45, 7) is 6.56. The highest BCUT2D eigenvalue weighted by Gasteiger charge is 2.24. The number of anilines is 4. The molecule has 10 nitrogen and oxygen atoms in total. The van der Waals surface area contributed by atoms with E-state index in [9.17, 15) is 9.59 Å². The minimum atomic E-state index is -0.540. The number of nitrogens with one attached hydrogen (secondary N) is 2. The average Bonchev–Trinajstić information content (AvgIpc) is 2.84. The molecule has 2 fully saturated rings. The van der Waals surface area contributed by atoms with E-state index >= 15 is 0 Å². The van der Waals surface area contributed by atoms with E-state index < -0.39 is 5.91 Å². The van der Waals surface area contributed by atoms with Crippen LogP contribution in [0.15, 0.2) is 30.5 Å². The Labute approximate surface area is 194 Å². The zero-order chi connectivity index (χ0) is 23.4. The van der Waals surface area contributed by atoms with Gasteiger partial charge in [-0.15, -0.1) is 0 Å². The predicted octanol–water partition coefficient (Wildman–Crippen LogP) is 1.18. The van der Waals surface area contributed by atoms with Crippen LogP contribution in [0.3, 0.4) is 0 Å². The third-order valence-electron chi connectivity index (χ3n) is 6.40. The van der Waals surface area contributed by atoms with Crippen LogP contribution in [0.2, 0.25) is 0 Å². The number of piperazine rings is 1. The monoisotopic (exact) mass is 452 g/mol. The zero-order valence-corrected chi connectivity index (χ0v) is 19.3. The smallest absolute Gasteiger partial charge is 0.254 e. The van der Waals surface area contributed by atoms with Gasteiger partial charge in [0.2, 0.25) is 11.9 Å². The van der Waals surface area contributed by atoms with Crippen LogP contribution in [0.5, 0.6) is 0 Å². The minimum Gasteiger partial charge on any atom is -0.368 e. The number of aromatic nitrogens is 2. The number of nitrogens with two attached hydrogens (primary N) is 1. The number of piperidine rings is 1. The Kier molecular flexibility index (Phi) is 6.93. The molecule has 0 radical (unpaired) electrons. The SMILES string of the molecule is CC(=O)N1CCN(c2ccc(Nc3ncc(C(N)=O)c(N(C)C4CCCNC4)n3)cc2)CC1. The first-order valence-corrected chi connectivity index (χ1v) is 11.4. The number of benzene rings is 1. The molecule has 1 aromatic heterocycles. The van der Waals surface area contributed by atoms with Gasteiger partial charge in [0, 0.05) is 70.3 Å². The second-order valence-electron chi connectivity index (χ2n) is 8.57. The summed E-state index contributed by atoms with van der Waals surface area (Å²) in [7, 11) is 1.94. The number of amides is 2. The molecule has 4 N–H and O–H groups in total. The van der Waals surface area contributed by atoms with Gasteiger partial charge < -0.3 is 31.1 Å². The van der Waals surface area contributed by atoms with E-state index in [1.165, 1.54) is 6.20 Å². The van der Waals surface area contributed by atoms with Crippen LogP contribution in [-0.2, 0) is 4.79 Å². The van der Waals surface area contributed by atoms with E-state index in [1.54, 1.807) is 6.92 Å². The van der Waals surface area contributed by atoms with Crippen molar-refractivity contribution < 1.29 is 9.59 Å². The number of carbonyl (C=O) groups is 2. The second-order valence-corrected chi connectivity index (χ2v) is 8.57. The molecule has 176 valence electrons. The molecule has 33 heavy (non-hydrogen) atoms. The first kappa shape index (κ1) is 22.8. The quantitative estimate of drug-likeness (QED) is 0.598. The van der Waals surface area contributed by atoms with Gasteiger partial charge in [0.05, 0.1) is 0 Å². The fourth-order valence-electron chi connectivity index (χ4n) is 4.38. The number of likely N-dealkylation sites (N-methyl/N-ethyl adjacent to an activating group) is 1. The summed E-state index contributed by atoms with van der Waals surface area (Å²) in [5.41, 5.74) is 7.86. The number of carbonyl (C=O) groups excluding carboxylic acids is 2. The number of hydrogen-bond donors (Lipinski definition) is 3. The molecule has 0 bridgehead atoms. The third-order valence-corrected chi connectivity index (χ3v) is 6.40. The van der Waals surface area contributed by atoms with E-state index in [-0.39, 0.29) is 11.9 Å². The van der Waals surface area contributed by atoms with Crippen molar-refractivity contribution in [2.24, 2.45) is 5.73 Å². The molecule has 2 aromatic rings. The number of primary amides is 1. The maximum absolute atomic E-state index is 12.0. The molecular weight excluding hydrogens is 420 g/mol.